The molecule has 3 aromatic rings. The van der Waals surface area contributed by atoms with Gasteiger partial charge in [0.2, 0.25) is 0 Å². The zero-order valence-corrected chi connectivity index (χ0v) is 19.8. The van der Waals surface area contributed by atoms with Crippen LogP contribution in [0.25, 0.3) is 0 Å². The number of amides is 1. The maximum atomic E-state index is 13.1. The third kappa shape index (κ3) is 3.75. The van der Waals surface area contributed by atoms with Crippen molar-refractivity contribution in [3.8, 4) is 5.75 Å². The molecule has 0 radical (unpaired) electrons. The van der Waals surface area contributed by atoms with Crippen LogP contribution in [0, 0.1) is 20.2 Å². The van der Waals surface area contributed by atoms with Crippen molar-refractivity contribution in [2.24, 2.45) is 0 Å². The quantitative estimate of drug-likeness (QED) is 0.372. The molecule has 1 saturated heterocycles. The van der Waals surface area contributed by atoms with Gasteiger partial charge in [0.25, 0.3) is 17.6 Å². The lowest BCUT2D eigenvalue weighted by atomic mass is 9.78. The summed E-state index contributed by atoms with van der Waals surface area (Å²) in [5, 5.41) is 29.7. The molecule has 0 unspecified atom stereocenters. The lowest BCUT2D eigenvalue weighted by molar-refractivity contribution is -0.532. The summed E-state index contributed by atoms with van der Waals surface area (Å²) < 4.78 is 5.77. The molecule has 2 aliphatic heterocycles. The molecule has 11 heteroatoms. The van der Waals surface area contributed by atoms with Gasteiger partial charge >= 0.3 is 0 Å². The van der Waals surface area contributed by atoms with Gasteiger partial charge in [-0.15, -0.1) is 0 Å². The summed E-state index contributed by atoms with van der Waals surface area (Å²) in [7, 11) is 0. The van der Waals surface area contributed by atoms with E-state index in [1.807, 2.05) is 6.92 Å². The summed E-state index contributed by atoms with van der Waals surface area (Å²) in [5.74, 6) is -0.773. The topological polar surface area (TPSA) is 137 Å². The number of hydrogen-bond acceptors (Lipinski definition) is 7. The molecule has 1 fully saturated rings. The number of para-hydroxylation sites is 1. The highest BCUT2D eigenvalue weighted by Crippen LogP contribution is 2.50. The molecule has 2 aliphatic rings. The van der Waals surface area contributed by atoms with Crippen LogP contribution in [0.4, 0.5) is 11.4 Å². The Morgan fingerprint density at radius 1 is 1.06 bits per heavy atom. The fraction of sp³-hybridized carbons (Fsp3) is 0.240. The number of ether oxygens (including phenoxy) is 1. The van der Waals surface area contributed by atoms with E-state index in [9.17, 15) is 25.0 Å². The van der Waals surface area contributed by atoms with Crippen molar-refractivity contribution in [3.63, 3.8) is 0 Å². The van der Waals surface area contributed by atoms with Gasteiger partial charge < -0.3 is 10.1 Å². The Balaban J connectivity index is 1.44. The van der Waals surface area contributed by atoms with E-state index in [2.05, 4.69) is 10.6 Å². The van der Waals surface area contributed by atoms with Crippen molar-refractivity contribution in [1.82, 2.24) is 5.32 Å². The number of nitro groups is 2. The SMILES string of the molecule is C[C@@H]1N[C@]2(C(=O)Nc3ccccc32)[C@@H]([N+](=O)[O-])[C@@H]1c1ccc(OCc2cccc([N+](=O)[O-])c2)c(Cl)c1. The minimum absolute atomic E-state index is 0.0439. The lowest BCUT2D eigenvalue weighted by Crippen LogP contribution is -2.54. The first-order valence-corrected chi connectivity index (χ1v) is 11.6. The summed E-state index contributed by atoms with van der Waals surface area (Å²) in [4.78, 5) is 35.7. The molecule has 3 aromatic carbocycles. The Hall–Kier alpha value is -4.02. The van der Waals surface area contributed by atoms with Crippen LogP contribution < -0.4 is 15.4 Å². The smallest absolute Gasteiger partial charge is 0.269 e. The highest BCUT2D eigenvalue weighted by atomic mass is 35.5. The number of nitrogens with zero attached hydrogens (tertiary/aromatic N) is 2. The molecule has 184 valence electrons. The van der Waals surface area contributed by atoms with E-state index < -0.39 is 39.3 Å². The van der Waals surface area contributed by atoms with Gasteiger partial charge in [-0.1, -0.05) is 48.0 Å². The zero-order valence-electron chi connectivity index (χ0n) is 19.0. The van der Waals surface area contributed by atoms with Crippen LogP contribution in [0.2, 0.25) is 5.02 Å². The Morgan fingerprint density at radius 2 is 1.83 bits per heavy atom. The fourth-order valence-electron chi connectivity index (χ4n) is 5.32. The molecule has 2 heterocycles. The van der Waals surface area contributed by atoms with Crippen molar-refractivity contribution in [2.45, 2.75) is 37.1 Å². The molecule has 1 spiro atoms. The monoisotopic (exact) mass is 508 g/mol. The van der Waals surface area contributed by atoms with Gasteiger partial charge in [0.15, 0.2) is 5.54 Å². The lowest BCUT2D eigenvalue weighted by Gasteiger charge is -2.25. The van der Waals surface area contributed by atoms with Crippen LogP contribution in [0.5, 0.6) is 5.75 Å². The number of halogens is 1. The number of anilines is 1. The number of carbonyl (C=O) groups is 1. The molecule has 10 nitrogen and oxygen atoms in total. The molecule has 0 aromatic heterocycles. The van der Waals surface area contributed by atoms with E-state index >= 15 is 0 Å². The molecule has 0 saturated carbocycles. The second-order valence-corrected chi connectivity index (χ2v) is 9.31. The normalized spacial score (nSPS) is 24.4. The Kier molecular flexibility index (Phi) is 5.85. The maximum absolute atomic E-state index is 13.1. The van der Waals surface area contributed by atoms with Crippen molar-refractivity contribution >= 4 is 28.9 Å². The summed E-state index contributed by atoms with van der Waals surface area (Å²) in [6.07, 6.45) is 0. The highest BCUT2D eigenvalue weighted by Gasteiger charge is 2.67. The van der Waals surface area contributed by atoms with Crippen molar-refractivity contribution in [1.29, 1.82) is 0 Å². The van der Waals surface area contributed by atoms with E-state index in [1.54, 1.807) is 54.6 Å². The number of non-ortho nitro benzene ring substituents is 1. The fourth-order valence-corrected chi connectivity index (χ4v) is 5.56. The second kappa shape index (κ2) is 8.89. The number of benzene rings is 3. The van der Waals surface area contributed by atoms with Crippen LogP contribution in [0.3, 0.4) is 0 Å². The van der Waals surface area contributed by atoms with Crippen molar-refractivity contribution < 1.29 is 19.4 Å². The van der Waals surface area contributed by atoms with Crippen LogP contribution >= 0.6 is 11.6 Å². The number of hydrogen-bond donors (Lipinski definition) is 2. The minimum atomic E-state index is -1.51. The van der Waals surface area contributed by atoms with E-state index in [1.165, 1.54) is 12.1 Å². The third-order valence-corrected chi connectivity index (χ3v) is 7.12. The molecule has 36 heavy (non-hydrogen) atoms. The number of carbonyl (C=O) groups excluding carboxylic acids is 1. The Bertz CT molecular complexity index is 1400. The average molecular weight is 509 g/mol. The van der Waals surface area contributed by atoms with E-state index in [-0.39, 0.29) is 17.3 Å². The summed E-state index contributed by atoms with van der Waals surface area (Å²) >= 11 is 6.49. The van der Waals surface area contributed by atoms with Crippen LogP contribution in [0.15, 0.2) is 66.7 Å². The summed E-state index contributed by atoms with van der Waals surface area (Å²) in [5.41, 5.74) is 0.746. The van der Waals surface area contributed by atoms with Crippen LogP contribution in [0.1, 0.15) is 29.5 Å². The minimum Gasteiger partial charge on any atom is -0.487 e. The molecular weight excluding hydrogens is 488 g/mol. The number of rotatable bonds is 6. The van der Waals surface area contributed by atoms with E-state index in [0.717, 1.165) is 0 Å². The summed E-state index contributed by atoms with van der Waals surface area (Å²) in [6.45, 7) is 1.87. The van der Waals surface area contributed by atoms with E-state index in [0.29, 0.717) is 28.1 Å². The van der Waals surface area contributed by atoms with Gasteiger partial charge in [0.1, 0.15) is 12.4 Å². The Labute approximate surface area is 210 Å². The Morgan fingerprint density at radius 3 is 2.56 bits per heavy atom. The van der Waals surface area contributed by atoms with Gasteiger partial charge in [-0.2, -0.15) is 0 Å². The second-order valence-electron chi connectivity index (χ2n) is 8.90. The van der Waals surface area contributed by atoms with Crippen molar-refractivity contribution in [3.05, 3.63) is 109 Å². The molecule has 4 atom stereocenters. The molecule has 0 bridgehead atoms. The standard InChI is InChI=1S/C25H21ClN4O6/c1-14-22(23(30(34)35)25(28-14)18-7-2-3-8-20(18)27-24(25)31)16-9-10-21(19(26)12-16)36-13-15-5-4-6-17(11-15)29(32)33/h2-12,14,22-23,28H,13H2,1H3,(H,27,31)/t14-,22-,23-,25-/m0/s1. The predicted octanol–water partition coefficient (Wildman–Crippen LogP) is 4.40. The highest BCUT2D eigenvalue weighted by molar-refractivity contribution is 6.32. The number of nitro benzene ring substituents is 1. The largest absolute Gasteiger partial charge is 0.487 e. The van der Waals surface area contributed by atoms with Gasteiger partial charge in [0, 0.05) is 34.3 Å². The van der Waals surface area contributed by atoms with Gasteiger partial charge in [0.05, 0.1) is 15.9 Å². The van der Waals surface area contributed by atoms with Gasteiger partial charge in [-0.25, -0.2) is 0 Å². The first-order valence-electron chi connectivity index (χ1n) is 11.2. The number of nitrogens with one attached hydrogen (secondary N) is 2. The van der Waals surface area contributed by atoms with Crippen LogP contribution in [-0.2, 0) is 16.9 Å². The van der Waals surface area contributed by atoms with Gasteiger partial charge in [-0.3, -0.25) is 30.3 Å². The van der Waals surface area contributed by atoms with E-state index in [4.69, 9.17) is 16.3 Å². The van der Waals surface area contributed by atoms with Crippen molar-refractivity contribution in [2.75, 3.05) is 5.32 Å². The van der Waals surface area contributed by atoms with Crippen LogP contribution in [-0.4, -0.2) is 27.8 Å². The molecule has 1 amide bonds. The molecule has 0 aliphatic carbocycles. The third-order valence-electron chi connectivity index (χ3n) is 6.82. The first-order chi connectivity index (χ1) is 17.2. The maximum Gasteiger partial charge on any atom is 0.269 e. The first kappa shape index (κ1) is 23.7. The predicted molar refractivity (Wildman–Crippen MR) is 132 cm³/mol. The van der Waals surface area contributed by atoms with Gasteiger partial charge in [-0.05, 0) is 36.2 Å². The molecule has 2 N–H and O–H groups in total. The molecular formula is C25H21ClN4O6. The number of fused-ring (bicyclic) bond motifs is 2. The summed E-state index contributed by atoms with van der Waals surface area (Å²) in [6, 6.07) is 16.3. The average Bonchev–Trinajstić information content (AvgIpc) is 3.32. The molecule has 5 rings (SSSR count). The zero-order chi connectivity index (χ0) is 25.6.